The van der Waals surface area contributed by atoms with E-state index in [4.69, 9.17) is 17.3 Å². The van der Waals surface area contributed by atoms with Gasteiger partial charge in [0.25, 0.3) is 0 Å². The Bertz CT molecular complexity index is 764. The van der Waals surface area contributed by atoms with Gasteiger partial charge in [-0.1, -0.05) is 45.0 Å². The van der Waals surface area contributed by atoms with Crippen molar-refractivity contribution in [1.29, 1.82) is 0 Å². The van der Waals surface area contributed by atoms with Gasteiger partial charge in [0.1, 0.15) is 9.57 Å². The number of hydrogen-bond acceptors (Lipinski definition) is 7. The molecule has 0 radical (unpaired) electrons. The van der Waals surface area contributed by atoms with Crippen LogP contribution in [0.25, 0.3) is 0 Å². The lowest BCUT2D eigenvalue weighted by Gasteiger charge is -2.34. The molecule has 3 rings (SSSR count). The molecule has 0 unspecified atom stereocenters. The maximum absolute atomic E-state index is 10.3. The van der Waals surface area contributed by atoms with Gasteiger partial charge in [0.05, 0.1) is 6.61 Å². The summed E-state index contributed by atoms with van der Waals surface area (Å²) in [6.07, 6.45) is 0.836. The maximum Gasteiger partial charge on any atom is 0.120 e. The predicted octanol–water partition coefficient (Wildman–Crippen LogP) is 3.25. The fraction of sp³-hybridized carbons (Fsp3) is 0.500. The molecule has 1 aromatic heterocycles. The highest BCUT2D eigenvalue weighted by Gasteiger charge is 2.18. The lowest BCUT2D eigenvalue weighted by Crippen LogP contribution is -2.46. The fourth-order valence-electron chi connectivity index (χ4n) is 3.17. The molecule has 1 aliphatic heterocycles. The third-order valence-corrected chi connectivity index (χ3v) is 8.00. The Hall–Kier alpha value is -0.830. The number of β-amino-alcohol motifs (C(OH)–C–C–N with tert-alkyl or cyclic N) is 1. The summed E-state index contributed by atoms with van der Waals surface area (Å²) in [5.41, 5.74) is 3.43. The van der Waals surface area contributed by atoms with Gasteiger partial charge < -0.3 is 10.2 Å². The largest absolute Gasteiger partial charge is 0.508 e. The summed E-state index contributed by atoms with van der Waals surface area (Å²) in [5.74, 6) is 0.366. The zero-order chi connectivity index (χ0) is 17.8. The van der Waals surface area contributed by atoms with E-state index in [0.717, 1.165) is 55.1 Å². The van der Waals surface area contributed by atoms with Crippen LogP contribution in [0.3, 0.4) is 0 Å². The Balaban J connectivity index is 1.67. The van der Waals surface area contributed by atoms with E-state index in [-0.39, 0.29) is 6.61 Å². The van der Waals surface area contributed by atoms with Gasteiger partial charge in [-0.2, -0.15) is 0 Å². The Labute approximate surface area is 161 Å². The van der Waals surface area contributed by atoms with E-state index >= 15 is 0 Å². The van der Waals surface area contributed by atoms with E-state index in [0.29, 0.717) is 5.75 Å². The molecule has 1 saturated heterocycles. The van der Waals surface area contributed by atoms with E-state index in [2.05, 4.69) is 22.8 Å². The van der Waals surface area contributed by atoms with Gasteiger partial charge in [0.2, 0.25) is 0 Å². The lowest BCUT2D eigenvalue weighted by molar-refractivity contribution is 0.108. The second-order valence-corrected chi connectivity index (χ2v) is 9.49. The summed E-state index contributed by atoms with van der Waals surface area (Å²) in [7, 11) is 3.41. The summed E-state index contributed by atoms with van der Waals surface area (Å²) in [6, 6.07) is 5.92. The topological polar surface area (TPSA) is 46.9 Å². The van der Waals surface area contributed by atoms with E-state index in [1.807, 2.05) is 6.07 Å². The van der Waals surface area contributed by atoms with Crippen LogP contribution >= 0.6 is 32.9 Å². The maximum atomic E-state index is 10.3. The lowest BCUT2D eigenvalue weighted by atomic mass is 10.0. The van der Waals surface area contributed by atoms with Crippen LogP contribution in [-0.4, -0.2) is 59.3 Å². The number of aliphatic hydroxyl groups is 1. The van der Waals surface area contributed by atoms with Gasteiger partial charge in [0, 0.05) is 56.1 Å². The first-order valence-electron chi connectivity index (χ1n) is 8.51. The summed E-state index contributed by atoms with van der Waals surface area (Å²) in [6.45, 7) is 7.72. The Morgan fingerprint density at radius 2 is 1.84 bits per heavy atom. The van der Waals surface area contributed by atoms with Crippen molar-refractivity contribution in [2.24, 2.45) is 0 Å². The smallest absolute Gasteiger partial charge is 0.120 e. The molecule has 1 fully saturated rings. The first-order valence-corrected chi connectivity index (χ1v) is 11.1. The number of aromatic hydroxyl groups is 1. The number of nitrogens with zero attached hydrogens (tertiary/aromatic N) is 2. The summed E-state index contributed by atoms with van der Waals surface area (Å²) in [4.78, 5) is 5.94. The monoisotopic (exact) mass is 396 g/mol. The molecule has 0 bridgehead atoms. The number of aliphatic hydroxyl groups excluding tert-OH is 1. The average Bonchev–Trinajstić information content (AvgIpc) is 2.92. The minimum atomic E-state index is 0.219. The van der Waals surface area contributed by atoms with Crippen LogP contribution in [0.2, 0.25) is 0 Å². The number of benzene rings is 1. The minimum absolute atomic E-state index is 0.219. The summed E-state index contributed by atoms with van der Waals surface area (Å²) in [5, 5.41) is 19.3. The number of aryl methyl sites for hydroxylation is 1. The first-order chi connectivity index (χ1) is 12.1. The van der Waals surface area contributed by atoms with Crippen molar-refractivity contribution < 1.29 is 10.2 Å². The minimum Gasteiger partial charge on any atom is -0.508 e. The highest BCUT2D eigenvalue weighted by Crippen LogP contribution is 2.28. The van der Waals surface area contributed by atoms with Crippen molar-refractivity contribution in [1.82, 2.24) is 9.80 Å². The first kappa shape index (κ1) is 18.9. The second kappa shape index (κ2) is 8.70. The van der Waals surface area contributed by atoms with Gasteiger partial charge in [-0.25, -0.2) is 0 Å². The molecule has 2 aromatic rings. The molecule has 0 aliphatic carbocycles. The van der Waals surface area contributed by atoms with E-state index in [9.17, 15) is 5.11 Å². The highest BCUT2D eigenvalue weighted by molar-refractivity contribution is 7.79. The van der Waals surface area contributed by atoms with Crippen LogP contribution in [0.4, 0.5) is 0 Å². The Kier molecular flexibility index (Phi) is 6.60. The Morgan fingerprint density at radius 3 is 2.48 bits per heavy atom. The van der Waals surface area contributed by atoms with Gasteiger partial charge in [-0.15, -0.1) is 0 Å². The fourth-order valence-corrected chi connectivity index (χ4v) is 5.84. The molecule has 1 aliphatic rings. The molecular weight excluding hydrogens is 372 g/mol. The summed E-state index contributed by atoms with van der Waals surface area (Å²) >= 11 is 5.44. The third-order valence-electron chi connectivity index (χ3n) is 4.71. The number of phenolic OH excluding ortho intramolecular Hbond substituents is 1. The standard InChI is InChI=1S/C18H24N2O2S3/c1-13-16(18(23)25-24-13)11-14-2-3-17(22)15(10-14)12-20-6-4-19(5-7-20)8-9-21/h2-3,10,21-22H,4-9,11-12H2,1H3. The molecule has 136 valence electrons. The molecule has 0 amide bonds. The van der Waals surface area contributed by atoms with Crippen LogP contribution < -0.4 is 0 Å². The van der Waals surface area contributed by atoms with Crippen LogP contribution in [0.1, 0.15) is 21.6 Å². The van der Waals surface area contributed by atoms with Crippen molar-refractivity contribution >= 4 is 32.9 Å². The molecule has 4 nitrogen and oxygen atoms in total. The molecule has 0 saturated carbocycles. The zero-order valence-corrected chi connectivity index (χ0v) is 16.9. The van der Waals surface area contributed by atoms with Gasteiger partial charge in [-0.05, 0) is 24.1 Å². The van der Waals surface area contributed by atoms with E-state index < -0.39 is 0 Å². The van der Waals surface area contributed by atoms with Crippen molar-refractivity contribution in [2.75, 3.05) is 39.3 Å². The Morgan fingerprint density at radius 1 is 1.12 bits per heavy atom. The summed E-state index contributed by atoms with van der Waals surface area (Å²) < 4.78 is 0.983. The van der Waals surface area contributed by atoms with Crippen molar-refractivity contribution in [3.8, 4) is 5.75 Å². The van der Waals surface area contributed by atoms with Crippen molar-refractivity contribution in [3.05, 3.63) is 43.6 Å². The molecule has 0 atom stereocenters. The molecule has 25 heavy (non-hydrogen) atoms. The van der Waals surface area contributed by atoms with Gasteiger partial charge >= 0.3 is 0 Å². The molecule has 2 heterocycles. The van der Waals surface area contributed by atoms with Crippen molar-refractivity contribution in [3.63, 3.8) is 0 Å². The number of hydrogen-bond donors (Lipinski definition) is 2. The predicted molar refractivity (Wildman–Crippen MR) is 107 cm³/mol. The molecule has 7 heteroatoms. The zero-order valence-electron chi connectivity index (χ0n) is 14.4. The van der Waals surface area contributed by atoms with Crippen molar-refractivity contribution in [2.45, 2.75) is 19.9 Å². The third kappa shape index (κ3) is 4.87. The van der Waals surface area contributed by atoms with E-state index in [1.165, 1.54) is 16.0 Å². The van der Waals surface area contributed by atoms with Crippen LogP contribution in [0.5, 0.6) is 5.75 Å². The van der Waals surface area contributed by atoms with Crippen LogP contribution in [0.15, 0.2) is 18.2 Å². The van der Waals surface area contributed by atoms with Gasteiger partial charge in [-0.3, -0.25) is 9.80 Å². The second-order valence-electron chi connectivity index (χ2n) is 6.47. The normalized spacial score (nSPS) is 16.4. The van der Waals surface area contributed by atoms with Crippen LogP contribution in [-0.2, 0) is 13.0 Å². The highest BCUT2D eigenvalue weighted by atomic mass is 32.9. The number of phenols is 1. The van der Waals surface area contributed by atoms with Gasteiger partial charge in [0.15, 0.2) is 0 Å². The average molecular weight is 397 g/mol. The number of rotatable bonds is 6. The molecule has 0 spiro atoms. The molecule has 2 N–H and O–H groups in total. The molecule has 1 aromatic carbocycles. The van der Waals surface area contributed by atoms with E-state index in [1.54, 1.807) is 26.7 Å². The quantitative estimate of drug-likeness (QED) is 0.580. The molecular formula is C18H24N2O2S3. The van der Waals surface area contributed by atoms with Crippen LogP contribution in [0, 0.1) is 10.7 Å². The number of piperazine rings is 1. The SMILES string of the molecule is Cc1ssc(=S)c1Cc1ccc(O)c(CN2CCN(CCO)CC2)c1.